The van der Waals surface area contributed by atoms with E-state index in [1.807, 2.05) is 0 Å². The van der Waals surface area contributed by atoms with Gasteiger partial charge in [-0.05, 0) is 51.8 Å². The first-order valence-corrected chi connectivity index (χ1v) is 12.4. The standard InChI is InChI=1S/C23H31N2Si.Li/c1-16-11-10-14-20(17(16)2)24-21-15-22(19-13-9-8-12-18(19)21)26(6,7)25-23(3,4)5;/h8-15,24-25H,1-7H3;/q-1;+1. The third-order valence-corrected chi connectivity index (χ3v) is 8.17. The molecule has 0 amide bonds. The topological polar surface area (TPSA) is 24.1 Å². The first-order valence-electron chi connectivity index (χ1n) is 9.40. The van der Waals surface area contributed by atoms with Gasteiger partial charge in [-0.1, -0.05) is 37.0 Å². The van der Waals surface area contributed by atoms with E-state index in [1.54, 1.807) is 0 Å². The van der Waals surface area contributed by atoms with E-state index < -0.39 is 8.24 Å². The van der Waals surface area contributed by atoms with Gasteiger partial charge in [-0.2, -0.15) is 0 Å². The van der Waals surface area contributed by atoms with Crippen molar-refractivity contribution in [2.24, 2.45) is 0 Å². The summed E-state index contributed by atoms with van der Waals surface area (Å²) in [5.74, 6) is 0. The SMILES string of the molecule is Cc1cccc(Nc2c[c-]([Si](C)(C)NC(C)(C)C)c3ccccc23)c1C.[Li+]. The van der Waals surface area contributed by atoms with Crippen molar-refractivity contribution in [1.29, 1.82) is 0 Å². The summed E-state index contributed by atoms with van der Waals surface area (Å²) >= 11 is 0. The molecule has 0 bridgehead atoms. The Morgan fingerprint density at radius 3 is 2.22 bits per heavy atom. The fourth-order valence-electron chi connectivity index (χ4n) is 3.91. The van der Waals surface area contributed by atoms with Gasteiger partial charge in [-0.15, -0.1) is 40.2 Å². The van der Waals surface area contributed by atoms with Crippen molar-refractivity contribution in [3.8, 4) is 0 Å². The molecular formula is C23H31LiN2Si. The zero-order valence-electron chi connectivity index (χ0n) is 18.1. The molecule has 0 aromatic heterocycles. The molecule has 0 aliphatic rings. The Hall–Kier alpha value is -1.38. The zero-order chi connectivity index (χ0) is 19.1. The van der Waals surface area contributed by atoms with E-state index in [1.165, 1.54) is 38.5 Å². The predicted molar refractivity (Wildman–Crippen MR) is 119 cm³/mol. The summed E-state index contributed by atoms with van der Waals surface area (Å²) in [6, 6.07) is 17.6. The molecule has 0 spiro atoms. The molecule has 0 aliphatic carbocycles. The second-order valence-electron chi connectivity index (χ2n) is 8.89. The van der Waals surface area contributed by atoms with Gasteiger partial charge in [0, 0.05) is 11.2 Å². The van der Waals surface area contributed by atoms with E-state index in [0.29, 0.717) is 0 Å². The summed E-state index contributed by atoms with van der Waals surface area (Å²) in [6.45, 7) is 15.9. The van der Waals surface area contributed by atoms with Crippen LogP contribution in [0, 0.1) is 13.8 Å². The van der Waals surface area contributed by atoms with Crippen LogP contribution in [0.1, 0.15) is 31.9 Å². The average Bonchev–Trinajstić information content (AvgIpc) is 2.89. The van der Waals surface area contributed by atoms with E-state index in [9.17, 15) is 0 Å². The van der Waals surface area contributed by atoms with Crippen LogP contribution in [0.2, 0.25) is 13.1 Å². The molecule has 0 atom stereocenters. The number of rotatable bonds is 4. The maximum Gasteiger partial charge on any atom is 1.00 e. The number of fused-ring (bicyclic) bond motifs is 1. The molecular weight excluding hydrogens is 339 g/mol. The molecule has 3 rings (SSSR count). The molecule has 3 aromatic rings. The molecule has 27 heavy (non-hydrogen) atoms. The van der Waals surface area contributed by atoms with Crippen LogP contribution in [0.3, 0.4) is 0 Å². The molecule has 0 radical (unpaired) electrons. The Morgan fingerprint density at radius 1 is 0.889 bits per heavy atom. The van der Waals surface area contributed by atoms with Gasteiger partial charge in [0.25, 0.3) is 0 Å². The van der Waals surface area contributed by atoms with Gasteiger partial charge in [-0.3, -0.25) is 0 Å². The average molecular weight is 371 g/mol. The van der Waals surface area contributed by atoms with Crippen LogP contribution in [0.25, 0.3) is 10.8 Å². The van der Waals surface area contributed by atoms with E-state index >= 15 is 0 Å². The molecule has 0 unspecified atom stereocenters. The molecule has 0 saturated carbocycles. The van der Waals surface area contributed by atoms with Crippen molar-refractivity contribution in [2.45, 2.75) is 53.3 Å². The monoisotopic (exact) mass is 370 g/mol. The Labute approximate surface area is 177 Å². The Bertz CT molecular complexity index is 935. The van der Waals surface area contributed by atoms with Gasteiger partial charge in [-0.25, -0.2) is 0 Å². The third-order valence-electron chi connectivity index (χ3n) is 5.03. The molecule has 2 nitrogen and oxygen atoms in total. The van der Waals surface area contributed by atoms with Crippen LogP contribution in [0.5, 0.6) is 0 Å². The van der Waals surface area contributed by atoms with E-state index in [4.69, 9.17) is 0 Å². The van der Waals surface area contributed by atoms with Crippen LogP contribution in [0.4, 0.5) is 11.4 Å². The molecule has 4 heteroatoms. The summed E-state index contributed by atoms with van der Waals surface area (Å²) in [5, 5.41) is 7.85. The van der Waals surface area contributed by atoms with Gasteiger partial charge in [0.1, 0.15) is 8.24 Å². The largest absolute Gasteiger partial charge is 1.00 e. The molecule has 138 valence electrons. The number of anilines is 2. The van der Waals surface area contributed by atoms with Gasteiger partial charge >= 0.3 is 18.9 Å². The van der Waals surface area contributed by atoms with E-state index in [0.717, 1.165) is 0 Å². The zero-order valence-corrected chi connectivity index (χ0v) is 19.1. The minimum Gasteiger partial charge on any atom is -0.402 e. The normalized spacial score (nSPS) is 12.1. The van der Waals surface area contributed by atoms with Gasteiger partial charge < -0.3 is 10.3 Å². The second-order valence-corrected chi connectivity index (χ2v) is 12.9. The molecule has 0 heterocycles. The summed E-state index contributed by atoms with van der Waals surface area (Å²) in [4.78, 5) is 3.91. The van der Waals surface area contributed by atoms with Gasteiger partial charge in [0.2, 0.25) is 0 Å². The van der Waals surface area contributed by atoms with Crippen molar-refractivity contribution in [2.75, 3.05) is 5.32 Å². The quantitative estimate of drug-likeness (QED) is 0.545. The number of nitrogens with one attached hydrogen (secondary N) is 2. The maximum absolute atomic E-state index is 3.91. The Balaban J connectivity index is 0.00000261. The van der Waals surface area contributed by atoms with E-state index in [2.05, 4.69) is 107 Å². The van der Waals surface area contributed by atoms with Gasteiger partial charge in [0.05, 0.1) is 0 Å². The second kappa shape index (κ2) is 7.93. The molecule has 0 fully saturated rings. The minimum atomic E-state index is -1.79. The van der Waals surface area contributed by atoms with E-state index in [-0.39, 0.29) is 24.4 Å². The summed E-state index contributed by atoms with van der Waals surface area (Å²) in [7, 11) is -1.79. The number of hydrogen-bond acceptors (Lipinski definition) is 2. The van der Waals surface area contributed by atoms with Crippen LogP contribution in [-0.4, -0.2) is 13.8 Å². The molecule has 2 N–H and O–H groups in total. The molecule has 3 aromatic carbocycles. The Morgan fingerprint density at radius 2 is 1.56 bits per heavy atom. The number of benzene rings is 2. The van der Waals surface area contributed by atoms with Crippen molar-refractivity contribution < 1.29 is 18.9 Å². The van der Waals surface area contributed by atoms with Gasteiger partial charge in [0.15, 0.2) is 0 Å². The maximum atomic E-state index is 3.91. The van der Waals surface area contributed by atoms with Crippen LogP contribution in [-0.2, 0) is 0 Å². The van der Waals surface area contributed by atoms with Crippen LogP contribution in [0.15, 0.2) is 48.5 Å². The summed E-state index contributed by atoms with van der Waals surface area (Å²) in [5.41, 5.74) is 5.13. The number of hydrogen-bond donors (Lipinski definition) is 2. The van der Waals surface area contributed by atoms with Crippen molar-refractivity contribution in [3.05, 3.63) is 59.7 Å². The first-order chi connectivity index (χ1) is 12.1. The number of aryl methyl sites for hydroxylation is 1. The smallest absolute Gasteiger partial charge is 0.402 e. The summed E-state index contributed by atoms with van der Waals surface area (Å²) in [6.07, 6.45) is 0. The summed E-state index contributed by atoms with van der Waals surface area (Å²) < 4.78 is 0. The molecule has 0 saturated heterocycles. The van der Waals surface area contributed by atoms with Crippen molar-refractivity contribution in [3.63, 3.8) is 0 Å². The molecule has 0 aliphatic heterocycles. The van der Waals surface area contributed by atoms with Crippen LogP contribution >= 0.6 is 0 Å². The first kappa shape index (κ1) is 21.9. The predicted octanol–water partition coefficient (Wildman–Crippen LogP) is 2.72. The van der Waals surface area contributed by atoms with Crippen LogP contribution < -0.4 is 34.3 Å². The Kier molecular flexibility index (Phi) is 6.44. The minimum absolute atomic E-state index is 0. The fourth-order valence-corrected chi connectivity index (χ4v) is 7.32. The third kappa shape index (κ3) is 4.73. The van der Waals surface area contributed by atoms with Crippen molar-refractivity contribution in [1.82, 2.24) is 4.98 Å². The van der Waals surface area contributed by atoms with Crippen molar-refractivity contribution >= 4 is 35.6 Å². The fraction of sp³-hybridized carbons (Fsp3) is 0.348.